The minimum atomic E-state index is -0.502. The molecule has 4 rings (SSSR count). The summed E-state index contributed by atoms with van der Waals surface area (Å²) in [4.78, 5) is 38.7. The molecule has 0 saturated heterocycles. The molecule has 8 heteroatoms. The second-order valence-electron chi connectivity index (χ2n) is 7.68. The summed E-state index contributed by atoms with van der Waals surface area (Å²) in [6.07, 6.45) is 6.97. The number of hydrogen-bond acceptors (Lipinski definition) is 4. The van der Waals surface area contributed by atoms with Crippen LogP contribution >= 0.6 is 0 Å². The third-order valence-electron chi connectivity index (χ3n) is 5.47. The second-order valence-corrected chi connectivity index (χ2v) is 7.68. The van der Waals surface area contributed by atoms with Crippen LogP contribution in [0.25, 0.3) is 11.0 Å². The van der Waals surface area contributed by atoms with Crippen LogP contribution in [0, 0.1) is 0 Å². The number of amides is 1. The number of aryl methyl sites for hydroxylation is 1. The third kappa shape index (κ3) is 4.01. The molecule has 8 nitrogen and oxygen atoms in total. The van der Waals surface area contributed by atoms with Crippen molar-refractivity contribution in [1.82, 2.24) is 24.2 Å². The van der Waals surface area contributed by atoms with Gasteiger partial charge < -0.3 is 5.32 Å². The fourth-order valence-electron chi connectivity index (χ4n) is 4.01. The molecule has 0 unspecified atom stereocenters. The van der Waals surface area contributed by atoms with E-state index < -0.39 is 11.2 Å². The Bertz CT molecular complexity index is 1140. The van der Waals surface area contributed by atoms with Crippen LogP contribution in [0.15, 0.2) is 46.1 Å². The average molecular weight is 395 g/mol. The number of aromatic nitrogens is 4. The molecule has 1 fully saturated rings. The zero-order chi connectivity index (χ0) is 20.4. The number of nitrogens with one attached hydrogen (secondary N) is 1. The Morgan fingerprint density at radius 2 is 1.83 bits per heavy atom. The van der Waals surface area contributed by atoms with E-state index in [0.717, 1.165) is 35.8 Å². The molecule has 29 heavy (non-hydrogen) atoms. The summed E-state index contributed by atoms with van der Waals surface area (Å²) in [5.74, 6) is -0.214. The highest BCUT2D eigenvalue weighted by Gasteiger charge is 2.20. The minimum Gasteiger partial charge on any atom is -0.352 e. The average Bonchev–Trinajstić information content (AvgIpc) is 3.12. The van der Waals surface area contributed by atoms with Crippen molar-refractivity contribution in [2.24, 2.45) is 7.05 Å². The van der Waals surface area contributed by atoms with E-state index in [1.54, 1.807) is 13.2 Å². The molecule has 0 bridgehead atoms. The molecule has 1 aliphatic carbocycles. The first kappa shape index (κ1) is 19.2. The molecule has 0 atom stereocenters. The lowest BCUT2D eigenvalue weighted by Gasteiger charge is -2.23. The molecule has 2 aromatic heterocycles. The summed E-state index contributed by atoms with van der Waals surface area (Å²) in [6, 6.07) is 9.46. The summed E-state index contributed by atoms with van der Waals surface area (Å²) in [7, 11) is 1.69. The fraction of sp³-hybridized carbons (Fsp3) is 0.429. The Labute approximate surface area is 167 Å². The van der Waals surface area contributed by atoms with Gasteiger partial charge in [-0.2, -0.15) is 5.10 Å². The van der Waals surface area contributed by atoms with Gasteiger partial charge in [-0.1, -0.05) is 49.6 Å². The first-order chi connectivity index (χ1) is 14.0. The minimum absolute atomic E-state index is 0.132. The first-order valence-electron chi connectivity index (χ1n) is 10.0. The van der Waals surface area contributed by atoms with Gasteiger partial charge >= 0.3 is 5.69 Å². The normalized spacial score (nSPS) is 14.9. The van der Waals surface area contributed by atoms with Crippen LogP contribution in [0.2, 0.25) is 0 Å². The van der Waals surface area contributed by atoms with Crippen molar-refractivity contribution >= 4 is 16.9 Å². The summed E-state index contributed by atoms with van der Waals surface area (Å²) >= 11 is 0. The third-order valence-corrected chi connectivity index (χ3v) is 5.47. The zero-order valence-corrected chi connectivity index (χ0v) is 16.5. The lowest BCUT2D eigenvalue weighted by molar-refractivity contribution is -0.122. The molecule has 1 N–H and O–H groups in total. The van der Waals surface area contributed by atoms with Gasteiger partial charge in [-0.05, 0) is 18.4 Å². The van der Waals surface area contributed by atoms with Gasteiger partial charge in [0.15, 0.2) is 5.52 Å². The molecule has 0 radical (unpaired) electrons. The van der Waals surface area contributed by atoms with Crippen LogP contribution in [-0.4, -0.2) is 30.9 Å². The van der Waals surface area contributed by atoms with Crippen LogP contribution in [0.5, 0.6) is 0 Å². The number of carbonyl (C=O) groups excluding carboxylic acids is 1. The molecule has 0 aliphatic heterocycles. The van der Waals surface area contributed by atoms with Crippen LogP contribution < -0.4 is 16.6 Å². The van der Waals surface area contributed by atoms with Crippen molar-refractivity contribution < 1.29 is 4.79 Å². The van der Waals surface area contributed by atoms with Crippen molar-refractivity contribution in [3.8, 4) is 0 Å². The van der Waals surface area contributed by atoms with E-state index >= 15 is 0 Å². The highest BCUT2D eigenvalue weighted by atomic mass is 16.2. The van der Waals surface area contributed by atoms with E-state index in [-0.39, 0.29) is 30.6 Å². The van der Waals surface area contributed by atoms with Crippen LogP contribution in [0.3, 0.4) is 0 Å². The number of hydrogen-bond donors (Lipinski definition) is 1. The summed E-state index contributed by atoms with van der Waals surface area (Å²) in [6.45, 7) is 0.00185. The summed E-state index contributed by atoms with van der Waals surface area (Å²) in [5, 5.41) is 7.27. The molecular weight excluding hydrogens is 370 g/mol. The number of fused-ring (bicyclic) bond motifs is 1. The van der Waals surface area contributed by atoms with E-state index in [1.807, 2.05) is 30.3 Å². The van der Waals surface area contributed by atoms with Crippen molar-refractivity contribution in [2.45, 2.75) is 51.2 Å². The maximum absolute atomic E-state index is 13.2. The molecule has 152 valence electrons. The molecule has 3 aromatic rings. The van der Waals surface area contributed by atoms with Crippen molar-refractivity contribution in [3.63, 3.8) is 0 Å². The van der Waals surface area contributed by atoms with Gasteiger partial charge in [0, 0.05) is 19.3 Å². The Balaban J connectivity index is 1.71. The lowest BCUT2D eigenvalue weighted by Crippen LogP contribution is -2.44. The van der Waals surface area contributed by atoms with Gasteiger partial charge in [-0.15, -0.1) is 0 Å². The van der Waals surface area contributed by atoms with Gasteiger partial charge in [0.05, 0.1) is 12.1 Å². The van der Waals surface area contributed by atoms with Gasteiger partial charge in [0.2, 0.25) is 5.91 Å². The summed E-state index contributed by atoms with van der Waals surface area (Å²) < 4.78 is 4.00. The Morgan fingerprint density at radius 1 is 1.10 bits per heavy atom. The molecule has 1 saturated carbocycles. The molecule has 1 amide bonds. The largest absolute Gasteiger partial charge is 0.352 e. The zero-order valence-electron chi connectivity index (χ0n) is 16.5. The smallest absolute Gasteiger partial charge is 0.332 e. The van der Waals surface area contributed by atoms with Gasteiger partial charge in [0.25, 0.3) is 5.56 Å². The highest BCUT2D eigenvalue weighted by Crippen LogP contribution is 2.17. The monoisotopic (exact) mass is 395 g/mol. The second kappa shape index (κ2) is 8.06. The Kier molecular flexibility index (Phi) is 5.33. The van der Waals surface area contributed by atoms with Gasteiger partial charge in [0.1, 0.15) is 6.54 Å². The molecule has 2 heterocycles. The van der Waals surface area contributed by atoms with Crippen molar-refractivity contribution in [2.75, 3.05) is 0 Å². The maximum Gasteiger partial charge on any atom is 0.332 e. The topological polar surface area (TPSA) is 90.9 Å². The van der Waals surface area contributed by atoms with E-state index in [9.17, 15) is 14.4 Å². The van der Waals surface area contributed by atoms with E-state index in [1.165, 1.54) is 15.7 Å². The Hall–Kier alpha value is -3.16. The predicted octanol–water partition coefficient (Wildman–Crippen LogP) is 1.39. The molecule has 0 spiro atoms. The molecular formula is C21H25N5O3. The quantitative estimate of drug-likeness (QED) is 0.707. The standard InChI is InChI=1S/C21H25N5O3/c1-24-13-17-19(23-24)20(28)26(12-15-8-4-2-5-9-15)21(29)25(17)14-18(27)22-16-10-6-3-7-11-16/h2,4-5,8-9,13,16H,3,6-7,10-12,14H2,1H3,(H,22,27). The first-order valence-corrected chi connectivity index (χ1v) is 10.0. The van der Waals surface area contributed by atoms with Crippen LogP contribution in [0.4, 0.5) is 0 Å². The number of benzene rings is 1. The van der Waals surface area contributed by atoms with Gasteiger partial charge in [-0.3, -0.25) is 23.4 Å². The predicted molar refractivity (Wildman–Crippen MR) is 110 cm³/mol. The van der Waals surface area contributed by atoms with Crippen LogP contribution in [0.1, 0.15) is 37.7 Å². The van der Waals surface area contributed by atoms with E-state index in [4.69, 9.17) is 0 Å². The van der Waals surface area contributed by atoms with Crippen molar-refractivity contribution in [1.29, 1.82) is 0 Å². The van der Waals surface area contributed by atoms with Crippen LogP contribution in [-0.2, 0) is 24.9 Å². The van der Waals surface area contributed by atoms with Crippen molar-refractivity contribution in [3.05, 3.63) is 62.9 Å². The molecule has 1 aromatic carbocycles. The maximum atomic E-state index is 13.2. The highest BCUT2D eigenvalue weighted by molar-refractivity contribution is 5.79. The SMILES string of the molecule is Cn1cc2c(n1)c(=O)n(Cc1ccccc1)c(=O)n2CC(=O)NC1CCCCC1. The Morgan fingerprint density at radius 3 is 2.55 bits per heavy atom. The molecule has 1 aliphatic rings. The van der Waals surface area contributed by atoms with E-state index in [2.05, 4.69) is 10.4 Å². The van der Waals surface area contributed by atoms with E-state index in [0.29, 0.717) is 5.52 Å². The fourth-order valence-corrected chi connectivity index (χ4v) is 4.01. The summed E-state index contributed by atoms with van der Waals surface area (Å²) in [5.41, 5.74) is 0.454. The number of rotatable bonds is 5. The number of nitrogens with zero attached hydrogens (tertiary/aromatic N) is 4. The van der Waals surface area contributed by atoms with Gasteiger partial charge in [-0.25, -0.2) is 4.79 Å². The lowest BCUT2D eigenvalue weighted by atomic mass is 9.95. The number of carbonyl (C=O) groups is 1.